The van der Waals surface area contributed by atoms with Crippen LogP contribution in [-0.2, 0) is 0 Å². The van der Waals surface area contributed by atoms with Gasteiger partial charge in [-0.2, -0.15) is 0 Å². The molecule has 94 valence electrons. The van der Waals surface area contributed by atoms with Crippen molar-refractivity contribution in [1.29, 1.82) is 0 Å². The van der Waals surface area contributed by atoms with Crippen molar-refractivity contribution < 1.29 is 4.79 Å². The predicted octanol–water partition coefficient (Wildman–Crippen LogP) is 3.07. The Hall–Kier alpha value is -2.33. The second kappa shape index (κ2) is 4.74. The highest BCUT2D eigenvalue weighted by atomic mass is 35.5. The summed E-state index contributed by atoms with van der Waals surface area (Å²) in [5.41, 5.74) is 3.68. The van der Waals surface area contributed by atoms with Gasteiger partial charge in [-0.25, -0.2) is 4.98 Å². The first-order chi connectivity index (χ1) is 9.24. The Morgan fingerprint density at radius 3 is 2.68 bits per heavy atom. The van der Waals surface area contributed by atoms with E-state index in [2.05, 4.69) is 10.4 Å². The van der Waals surface area contributed by atoms with Crippen molar-refractivity contribution in [2.45, 2.75) is 0 Å². The largest absolute Gasteiger partial charge is 0.288 e. The van der Waals surface area contributed by atoms with E-state index in [1.807, 2.05) is 36.4 Å². The number of halogens is 1. The molecule has 3 aromatic rings. The van der Waals surface area contributed by atoms with Crippen molar-refractivity contribution in [1.82, 2.24) is 9.66 Å². The summed E-state index contributed by atoms with van der Waals surface area (Å²) in [5.74, 6) is -0.302. The molecule has 0 unspecified atom stereocenters. The maximum Gasteiger partial charge on any atom is 0.288 e. The molecule has 5 heteroatoms. The Kier molecular flexibility index (Phi) is 2.93. The number of nitrogens with zero attached hydrogens (tertiary/aromatic N) is 2. The Balaban J connectivity index is 1.98. The van der Waals surface area contributed by atoms with E-state index in [9.17, 15) is 4.79 Å². The Labute approximate surface area is 114 Å². The highest BCUT2D eigenvalue weighted by molar-refractivity contribution is 6.35. The number of hydrogen-bond acceptors (Lipinski definition) is 2. The molecular formula is C14H10ClN3O. The van der Waals surface area contributed by atoms with Crippen molar-refractivity contribution in [2.24, 2.45) is 0 Å². The molecule has 1 amide bonds. The minimum absolute atomic E-state index is 0.289. The summed E-state index contributed by atoms with van der Waals surface area (Å²) in [5, 5.41) is 1.35. The zero-order valence-corrected chi connectivity index (χ0v) is 10.6. The molecule has 0 saturated carbocycles. The van der Waals surface area contributed by atoms with Crippen molar-refractivity contribution in [3.63, 3.8) is 0 Å². The van der Waals surface area contributed by atoms with E-state index in [1.54, 1.807) is 23.1 Å². The molecule has 0 aliphatic heterocycles. The van der Waals surface area contributed by atoms with Crippen LogP contribution in [0.4, 0.5) is 0 Å². The van der Waals surface area contributed by atoms with Crippen LogP contribution in [-0.4, -0.2) is 15.6 Å². The number of carbonyl (C=O) groups is 1. The normalized spacial score (nSPS) is 10.6. The van der Waals surface area contributed by atoms with Gasteiger partial charge in [-0.1, -0.05) is 29.8 Å². The van der Waals surface area contributed by atoms with E-state index in [0.717, 1.165) is 5.39 Å². The average molecular weight is 272 g/mol. The number of para-hydroxylation sites is 1. The minimum Gasteiger partial charge on any atom is -0.268 e. The van der Waals surface area contributed by atoms with E-state index in [0.29, 0.717) is 10.5 Å². The summed E-state index contributed by atoms with van der Waals surface area (Å²) in [6.07, 6.45) is 3.47. The summed E-state index contributed by atoms with van der Waals surface area (Å²) in [7, 11) is 0. The minimum atomic E-state index is -0.302. The van der Waals surface area contributed by atoms with Crippen LogP contribution < -0.4 is 5.43 Å². The number of carbonyl (C=O) groups excluding carboxylic acids is 1. The quantitative estimate of drug-likeness (QED) is 0.779. The third-order valence-electron chi connectivity index (χ3n) is 2.73. The second-order valence-corrected chi connectivity index (χ2v) is 4.44. The first-order valence-electron chi connectivity index (χ1n) is 5.74. The summed E-state index contributed by atoms with van der Waals surface area (Å²) >= 11 is 6.16. The maximum atomic E-state index is 12.1. The van der Waals surface area contributed by atoms with E-state index in [4.69, 9.17) is 11.6 Å². The van der Waals surface area contributed by atoms with Gasteiger partial charge in [0.15, 0.2) is 0 Å². The highest BCUT2D eigenvalue weighted by Gasteiger charge is 2.11. The molecule has 1 N–H and O–H groups in total. The lowest BCUT2D eigenvalue weighted by Gasteiger charge is -2.07. The summed E-state index contributed by atoms with van der Waals surface area (Å²) in [6, 6.07) is 12.7. The van der Waals surface area contributed by atoms with E-state index in [-0.39, 0.29) is 11.6 Å². The zero-order valence-electron chi connectivity index (χ0n) is 9.88. The van der Waals surface area contributed by atoms with Crippen LogP contribution in [0.1, 0.15) is 10.5 Å². The van der Waals surface area contributed by atoms with Gasteiger partial charge < -0.3 is 0 Å². The molecule has 0 aliphatic carbocycles. The first kappa shape index (κ1) is 11.7. The van der Waals surface area contributed by atoms with Gasteiger partial charge in [0.2, 0.25) is 0 Å². The van der Waals surface area contributed by atoms with Gasteiger partial charge in [-0.05, 0) is 24.3 Å². The first-order valence-corrected chi connectivity index (χ1v) is 6.11. The number of hydrogen-bond donors (Lipinski definition) is 1. The molecule has 0 saturated heterocycles. The van der Waals surface area contributed by atoms with E-state index in [1.165, 1.54) is 0 Å². The second-order valence-electron chi connectivity index (χ2n) is 4.04. The number of fused-ring (bicyclic) bond motifs is 1. The molecule has 4 nitrogen and oxygen atoms in total. The molecule has 1 aromatic carbocycles. The fourth-order valence-corrected chi connectivity index (χ4v) is 2.10. The van der Waals surface area contributed by atoms with Crippen LogP contribution in [0.5, 0.6) is 0 Å². The third-order valence-corrected chi connectivity index (χ3v) is 3.05. The number of pyridine rings is 1. The average Bonchev–Trinajstić information content (AvgIpc) is 2.91. The number of benzene rings is 1. The lowest BCUT2D eigenvalue weighted by Crippen LogP contribution is -2.22. The molecule has 0 aliphatic rings. The van der Waals surface area contributed by atoms with Crippen molar-refractivity contribution in [3.05, 3.63) is 65.6 Å². The predicted molar refractivity (Wildman–Crippen MR) is 74.9 cm³/mol. The number of nitrogens with one attached hydrogen (secondary N) is 1. The van der Waals surface area contributed by atoms with Gasteiger partial charge in [-0.3, -0.25) is 14.9 Å². The Bertz CT molecular complexity index is 738. The van der Waals surface area contributed by atoms with Gasteiger partial charge in [0.05, 0.1) is 10.5 Å². The van der Waals surface area contributed by atoms with Crippen LogP contribution in [0, 0.1) is 0 Å². The van der Waals surface area contributed by atoms with Crippen LogP contribution in [0.15, 0.2) is 54.9 Å². The monoisotopic (exact) mass is 271 g/mol. The Morgan fingerprint density at radius 2 is 1.89 bits per heavy atom. The van der Waals surface area contributed by atoms with Crippen LogP contribution in [0.3, 0.4) is 0 Å². The lowest BCUT2D eigenvalue weighted by molar-refractivity contribution is 0.100. The summed E-state index contributed by atoms with van der Waals surface area (Å²) in [4.78, 5) is 16.4. The van der Waals surface area contributed by atoms with Gasteiger partial charge in [-0.15, -0.1) is 0 Å². The summed E-state index contributed by atoms with van der Waals surface area (Å²) < 4.78 is 1.56. The van der Waals surface area contributed by atoms with Gasteiger partial charge in [0, 0.05) is 17.8 Å². The van der Waals surface area contributed by atoms with Crippen molar-refractivity contribution in [3.8, 4) is 0 Å². The molecule has 0 bridgehead atoms. The third kappa shape index (κ3) is 2.30. The van der Waals surface area contributed by atoms with Gasteiger partial charge >= 0.3 is 0 Å². The van der Waals surface area contributed by atoms with Gasteiger partial charge in [0.25, 0.3) is 5.91 Å². The molecule has 0 radical (unpaired) electrons. The maximum absolute atomic E-state index is 12.1. The summed E-state index contributed by atoms with van der Waals surface area (Å²) in [6.45, 7) is 0. The van der Waals surface area contributed by atoms with Crippen LogP contribution in [0.25, 0.3) is 10.9 Å². The van der Waals surface area contributed by atoms with Crippen molar-refractivity contribution in [2.75, 3.05) is 5.43 Å². The fraction of sp³-hybridized carbons (Fsp3) is 0. The fourth-order valence-electron chi connectivity index (χ4n) is 1.83. The standard InChI is InChI=1S/C14H10ClN3O/c15-11-9-13(14(19)17-18-7-3-4-8-18)16-12-6-2-1-5-10(11)12/h1-9H,(H,17,19). The Morgan fingerprint density at radius 1 is 1.16 bits per heavy atom. The van der Waals surface area contributed by atoms with Crippen LogP contribution in [0.2, 0.25) is 5.02 Å². The topological polar surface area (TPSA) is 46.9 Å². The smallest absolute Gasteiger partial charge is 0.268 e. The van der Waals surface area contributed by atoms with E-state index < -0.39 is 0 Å². The zero-order chi connectivity index (χ0) is 13.2. The number of amides is 1. The molecule has 0 atom stereocenters. The van der Waals surface area contributed by atoms with Gasteiger partial charge in [0.1, 0.15) is 5.69 Å². The molecule has 2 heterocycles. The number of rotatable bonds is 2. The molecule has 19 heavy (non-hydrogen) atoms. The van der Waals surface area contributed by atoms with E-state index >= 15 is 0 Å². The SMILES string of the molecule is O=C(Nn1cccc1)c1cc(Cl)c2ccccc2n1. The highest BCUT2D eigenvalue weighted by Crippen LogP contribution is 2.22. The van der Waals surface area contributed by atoms with Crippen LogP contribution >= 0.6 is 11.6 Å². The van der Waals surface area contributed by atoms with Crippen molar-refractivity contribution >= 4 is 28.4 Å². The molecule has 3 rings (SSSR count). The molecule has 0 fully saturated rings. The molecule has 0 spiro atoms. The molecular weight excluding hydrogens is 262 g/mol. The number of aromatic nitrogens is 2. The molecule has 2 aromatic heterocycles. The lowest BCUT2D eigenvalue weighted by atomic mass is 10.2.